The smallest absolute Gasteiger partial charge is 0.317 e. The molecule has 2 aliphatic rings. The van der Waals surface area contributed by atoms with Crippen LogP contribution >= 0.6 is 0 Å². The van der Waals surface area contributed by atoms with Crippen molar-refractivity contribution in [3.8, 4) is 0 Å². The lowest BCUT2D eigenvalue weighted by Crippen LogP contribution is -2.54. The van der Waals surface area contributed by atoms with E-state index in [0.29, 0.717) is 19.7 Å². The zero-order chi connectivity index (χ0) is 15.3. The van der Waals surface area contributed by atoms with Crippen LogP contribution in [0.5, 0.6) is 0 Å². The highest BCUT2D eigenvalue weighted by Gasteiger charge is 2.38. The molecular weight excluding hydrogens is 272 g/mol. The topological polar surface area (TPSA) is 78.9 Å². The van der Waals surface area contributed by atoms with E-state index in [1.54, 1.807) is 4.90 Å². The van der Waals surface area contributed by atoms with Gasteiger partial charge in [0.2, 0.25) is 0 Å². The third-order valence-corrected chi connectivity index (χ3v) is 4.55. The highest BCUT2D eigenvalue weighted by atomic mass is 16.5. The molecule has 6 nitrogen and oxygen atoms in total. The van der Waals surface area contributed by atoms with Crippen LogP contribution in [0, 0.1) is 0 Å². The van der Waals surface area contributed by atoms with Crippen molar-refractivity contribution in [2.24, 2.45) is 0 Å². The third kappa shape index (κ3) is 4.33. The molecule has 21 heavy (non-hydrogen) atoms. The average Bonchev–Trinajstić information content (AvgIpc) is 2.87. The number of carboxylic acid groups (broad SMARTS) is 1. The van der Waals surface area contributed by atoms with Gasteiger partial charge in [0.1, 0.15) is 0 Å². The minimum absolute atomic E-state index is 0.0220. The number of nitrogens with zero attached hydrogens (tertiary/aromatic N) is 1. The number of carboxylic acids is 1. The van der Waals surface area contributed by atoms with E-state index in [1.807, 2.05) is 6.92 Å². The molecule has 1 saturated heterocycles. The summed E-state index contributed by atoms with van der Waals surface area (Å²) in [6, 6.07) is -0.118. The van der Waals surface area contributed by atoms with Crippen LogP contribution in [0.1, 0.15) is 51.9 Å². The number of hydrogen-bond acceptors (Lipinski definition) is 3. The number of piperidine rings is 1. The second-order valence-corrected chi connectivity index (χ2v) is 6.13. The Morgan fingerprint density at radius 2 is 1.90 bits per heavy atom. The van der Waals surface area contributed by atoms with Gasteiger partial charge in [0, 0.05) is 19.7 Å². The van der Waals surface area contributed by atoms with Gasteiger partial charge >= 0.3 is 12.0 Å². The van der Waals surface area contributed by atoms with Crippen LogP contribution in [0.3, 0.4) is 0 Å². The summed E-state index contributed by atoms with van der Waals surface area (Å²) in [6.45, 7) is 4.05. The Balaban J connectivity index is 1.87. The van der Waals surface area contributed by atoms with E-state index in [2.05, 4.69) is 5.32 Å². The van der Waals surface area contributed by atoms with Crippen molar-refractivity contribution in [1.82, 2.24) is 10.2 Å². The number of aliphatic carboxylic acids is 1. The minimum Gasteiger partial charge on any atom is -0.481 e. The molecule has 2 fully saturated rings. The summed E-state index contributed by atoms with van der Waals surface area (Å²) in [4.78, 5) is 25.2. The number of urea groups is 1. The van der Waals surface area contributed by atoms with Crippen molar-refractivity contribution in [3.63, 3.8) is 0 Å². The Hall–Kier alpha value is -1.30. The number of likely N-dealkylation sites (tertiary alicyclic amines) is 1. The first-order valence-electron chi connectivity index (χ1n) is 7.95. The Labute approximate surface area is 125 Å². The number of carbonyl (C=O) groups excluding carboxylic acids is 1. The number of rotatable bonds is 5. The number of amides is 2. The second-order valence-electron chi connectivity index (χ2n) is 6.13. The van der Waals surface area contributed by atoms with E-state index in [1.165, 1.54) is 0 Å². The zero-order valence-electron chi connectivity index (χ0n) is 12.8. The summed E-state index contributed by atoms with van der Waals surface area (Å²) >= 11 is 0. The van der Waals surface area contributed by atoms with Gasteiger partial charge in [0.05, 0.1) is 18.1 Å². The maximum Gasteiger partial charge on any atom is 0.317 e. The van der Waals surface area contributed by atoms with Gasteiger partial charge in [-0.2, -0.15) is 0 Å². The minimum atomic E-state index is -0.841. The maximum absolute atomic E-state index is 12.4. The van der Waals surface area contributed by atoms with Gasteiger partial charge in [0.25, 0.3) is 0 Å². The molecule has 120 valence electrons. The van der Waals surface area contributed by atoms with E-state index in [0.717, 1.165) is 38.5 Å². The molecule has 0 atom stereocenters. The first-order valence-corrected chi connectivity index (χ1v) is 7.95. The lowest BCUT2D eigenvalue weighted by atomic mass is 9.93. The van der Waals surface area contributed by atoms with Crippen LogP contribution in [0.4, 0.5) is 4.79 Å². The molecule has 2 rings (SSSR count). The predicted octanol–water partition coefficient (Wildman–Crippen LogP) is 1.98. The lowest BCUT2D eigenvalue weighted by molar-refractivity contribution is -0.138. The Morgan fingerprint density at radius 1 is 1.29 bits per heavy atom. The Bertz CT molecular complexity index is 372. The summed E-state index contributed by atoms with van der Waals surface area (Å²) in [5.74, 6) is -0.841. The number of hydrogen-bond donors (Lipinski definition) is 2. The van der Waals surface area contributed by atoms with Crippen molar-refractivity contribution in [1.29, 1.82) is 0 Å². The van der Waals surface area contributed by atoms with Crippen molar-refractivity contribution < 1.29 is 19.4 Å². The molecule has 2 N–H and O–H groups in total. The molecule has 0 spiro atoms. The normalized spacial score (nSPS) is 22.2. The van der Waals surface area contributed by atoms with Crippen LogP contribution in [0.2, 0.25) is 0 Å². The maximum atomic E-state index is 12.4. The van der Waals surface area contributed by atoms with Crippen molar-refractivity contribution in [3.05, 3.63) is 0 Å². The third-order valence-electron chi connectivity index (χ3n) is 4.55. The van der Waals surface area contributed by atoms with E-state index in [9.17, 15) is 9.59 Å². The highest BCUT2D eigenvalue weighted by molar-refractivity contribution is 5.77. The molecule has 1 saturated carbocycles. The van der Waals surface area contributed by atoms with Crippen LogP contribution in [0.25, 0.3) is 0 Å². The van der Waals surface area contributed by atoms with Gasteiger partial charge in [-0.25, -0.2) is 4.79 Å². The van der Waals surface area contributed by atoms with Gasteiger partial charge in [-0.15, -0.1) is 0 Å². The average molecular weight is 298 g/mol. The zero-order valence-corrected chi connectivity index (χ0v) is 12.8. The quantitative estimate of drug-likeness (QED) is 0.813. The first-order chi connectivity index (χ1) is 10.0. The molecule has 2 amide bonds. The molecule has 1 aliphatic carbocycles. The van der Waals surface area contributed by atoms with Crippen molar-refractivity contribution >= 4 is 12.0 Å². The van der Waals surface area contributed by atoms with E-state index >= 15 is 0 Å². The lowest BCUT2D eigenvalue weighted by Gasteiger charge is -2.36. The highest BCUT2D eigenvalue weighted by Crippen LogP contribution is 2.33. The fourth-order valence-electron chi connectivity index (χ4n) is 3.45. The molecule has 0 unspecified atom stereocenters. The Morgan fingerprint density at radius 3 is 2.43 bits per heavy atom. The summed E-state index contributed by atoms with van der Waals surface area (Å²) in [6.07, 6.45) is 5.48. The SMILES string of the molecule is CCOC1CCN(C(=O)NC2(CC(=O)O)CCCC2)CC1. The van der Waals surface area contributed by atoms with E-state index < -0.39 is 11.5 Å². The van der Waals surface area contributed by atoms with Gasteiger partial charge in [-0.3, -0.25) is 4.79 Å². The van der Waals surface area contributed by atoms with E-state index in [-0.39, 0.29) is 18.6 Å². The van der Waals surface area contributed by atoms with Gasteiger partial charge < -0.3 is 20.1 Å². The molecule has 0 radical (unpaired) electrons. The van der Waals surface area contributed by atoms with Crippen molar-refractivity contribution in [2.45, 2.75) is 63.5 Å². The molecule has 0 bridgehead atoms. The molecule has 0 aromatic carbocycles. The predicted molar refractivity (Wildman–Crippen MR) is 78.2 cm³/mol. The standard InChI is InChI=1S/C15H26N2O4/c1-2-21-12-5-9-17(10-6-12)14(20)16-15(11-13(18)19)7-3-4-8-15/h12H,2-11H2,1H3,(H,16,20)(H,18,19). The van der Waals surface area contributed by atoms with Crippen LogP contribution in [0.15, 0.2) is 0 Å². The number of nitrogens with one attached hydrogen (secondary N) is 1. The van der Waals surface area contributed by atoms with Crippen LogP contribution in [-0.2, 0) is 9.53 Å². The molecule has 0 aromatic heterocycles. The number of ether oxygens (including phenoxy) is 1. The molecule has 1 aliphatic heterocycles. The molecule has 1 heterocycles. The molecule has 6 heteroatoms. The monoisotopic (exact) mass is 298 g/mol. The Kier molecular flexibility index (Phi) is 5.45. The first kappa shape index (κ1) is 16.1. The van der Waals surface area contributed by atoms with Crippen LogP contribution < -0.4 is 5.32 Å². The number of carbonyl (C=O) groups is 2. The van der Waals surface area contributed by atoms with Crippen molar-refractivity contribution in [2.75, 3.05) is 19.7 Å². The van der Waals surface area contributed by atoms with Crippen LogP contribution in [-0.4, -0.2) is 53.3 Å². The summed E-state index contributed by atoms with van der Waals surface area (Å²) in [7, 11) is 0. The van der Waals surface area contributed by atoms with Gasteiger partial charge in [0.15, 0.2) is 0 Å². The van der Waals surface area contributed by atoms with Gasteiger partial charge in [-0.1, -0.05) is 12.8 Å². The second kappa shape index (κ2) is 7.11. The molecule has 0 aromatic rings. The van der Waals surface area contributed by atoms with Gasteiger partial charge in [-0.05, 0) is 32.6 Å². The fraction of sp³-hybridized carbons (Fsp3) is 0.867. The van der Waals surface area contributed by atoms with E-state index in [4.69, 9.17) is 9.84 Å². The molecular formula is C15H26N2O4. The summed E-state index contributed by atoms with van der Waals surface area (Å²) in [5, 5.41) is 12.1. The summed E-state index contributed by atoms with van der Waals surface area (Å²) < 4.78 is 5.58. The fourth-order valence-corrected chi connectivity index (χ4v) is 3.45. The largest absolute Gasteiger partial charge is 0.481 e. The summed E-state index contributed by atoms with van der Waals surface area (Å²) in [5.41, 5.74) is -0.542.